The second-order valence-corrected chi connectivity index (χ2v) is 19.3. The Bertz CT molecular complexity index is 1520. The molecule has 46 heavy (non-hydrogen) atoms. The van der Waals surface area contributed by atoms with E-state index in [4.69, 9.17) is 4.99 Å². The minimum absolute atomic E-state index is 0.0675. The van der Waals surface area contributed by atoms with E-state index in [1.54, 1.807) is 11.1 Å². The molecule has 0 bridgehead atoms. The number of unbranched alkanes of at least 4 members (excludes halogenated alkanes) is 5. The van der Waals surface area contributed by atoms with Crippen LogP contribution in [0.25, 0.3) is 0 Å². The molecule has 2 unspecified atom stereocenters. The summed E-state index contributed by atoms with van der Waals surface area (Å²) < 4.78 is 0. The Morgan fingerprint density at radius 1 is 0.739 bits per heavy atom. The zero-order valence-electron chi connectivity index (χ0n) is 29.2. The van der Waals surface area contributed by atoms with Crippen LogP contribution < -0.4 is 15.9 Å². The molecule has 1 heterocycles. The van der Waals surface area contributed by atoms with Crippen LogP contribution in [0.3, 0.4) is 0 Å². The highest BCUT2D eigenvalue weighted by Crippen LogP contribution is 2.64. The summed E-state index contributed by atoms with van der Waals surface area (Å²) in [6.45, 7) is 14.7. The Hall–Kier alpha value is -3.02. The van der Waals surface area contributed by atoms with Crippen molar-refractivity contribution in [3.05, 3.63) is 126 Å². The number of allylic oxidation sites excluding steroid dienone is 5. The largest absolute Gasteiger partial charge is 0.252 e. The van der Waals surface area contributed by atoms with Crippen molar-refractivity contribution >= 4 is 28.9 Å². The van der Waals surface area contributed by atoms with Gasteiger partial charge in [-0.15, -0.1) is 0 Å². The summed E-state index contributed by atoms with van der Waals surface area (Å²) in [5.74, 6) is 0.455. The second kappa shape index (κ2) is 13.6. The molecule has 2 atom stereocenters. The molecular weight excluding hydrogens is 573 g/mol. The summed E-state index contributed by atoms with van der Waals surface area (Å²) in [6, 6.07) is 34.2. The van der Waals surface area contributed by atoms with Crippen molar-refractivity contribution in [3.63, 3.8) is 0 Å². The monoisotopic (exact) mass is 628 g/mol. The van der Waals surface area contributed by atoms with Crippen molar-refractivity contribution < 1.29 is 0 Å². The first kappa shape index (κ1) is 32.9. The molecule has 3 aliphatic rings. The normalized spacial score (nSPS) is 20.7. The predicted octanol–water partition coefficient (Wildman–Crippen LogP) is 11.2. The molecule has 1 saturated carbocycles. The maximum Gasteiger partial charge on any atom is 0.119 e. The molecule has 0 spiro atoms. The van der Waals surface area contributed by atoms with Gasteiger partial charge in [-0.3, -0.25) is 4.99 Å². The van der Waals surface area contributed by atoms with Gasteiger partial charge in [0.25, 0.3) is 0 Å². The van der Waals surface area contributed by atoms with Gasteiger partial charge in [0, 0.05) is 16.9 Å². The van der Waals surface area contributed by atoms with Crippen LogP contribution in [0.1, 0.15) is 99.3 Å². The van der Waals surface area contributed by atoms with Crippen LogP contribution in [-0.2, 0) is 0 Å². The number of aliphatic imine (C=N–C) groups is 1. The number of hydrogen-bond acceptors (Lipinski definition) is 1. The van der Waals surface area contributed by atoms with Crippen LogP contribution >= 0.6 is 7.26 Å². The number of nitrogens with zero attached hydrogens (tertiary/aromatic N) is 1. The van der Waals surface area contributed by atoms with Gasteiger partial charge in [0.15, 0.2) is 0 Å². The third-order valence-corrected chi connectivity index (χ3v) is 15.6. The smallest absolute Gasteiger partial charge is 0.119 e. The lowest BCUT2D eigenvalue weighted by atomic mass is 9.61. The van der Waals surface area contributed by atoms with Gasteiger partial charge in [0.05, 0.1) is 11.4 Å². The summed E-state index contributed by atoms with van der Waals surface area (Å²) >= 11 is 0. The van der Waals surface area contributed by atoms with E-state index in [2.05, 4.69) is 145 Å². The van der Waals surface area contributed by atoms with Gasteiger partial charge in [-0.05, 0) is 79.1 Å². The lowest BCUT2D eigenvalue weighted by Crippen LogP contribution is -2.39. The van der Waals surface area contributed by atoms with Crippen molar-refractivity contribution in [2.45, 2.75) is 105 Å². The first-order valence-electron chi connectivity index (χ1n) is 18.0. The van der Waals surface area contributed by atoms with Crippen molar-refractivity contribution in [1.82, 2.24) is 0 Å². The fourth-order valence-electron chi connectivity index (χ4n) is 9.12. The molecule has 3 aromatic carbocycles. The maximum absolute atomic E-state index is 5.76. The molecule has 0 amide bonds. The quantitative estimate of drug-likeness (QED) is 0.140. The van der Waals surface area contributed by atoms with Gasteiger partial charge in [0.1, 0.15) is 28.8 Å². The first-order valence-corrected chi connectivity index (χ1v) is 19.9. The third kappa shape index (κ3) is 6.18. The zero-order valence-corrected chi connectivity index (χ0v) is 30.1. The van der Waals surface area contributed by atoms with E-state index in [9.17, 15) is 0 Å². The summed E-state index contributed by atoms with van der Waals surface area (Å²) in [7, 11) is -2.12. The van der Waals surface area contributed by atoms with Crippen LogP contribution in [0.4, 0.5) is 0 Å². The van der Waals surface area contributed by atoms with Gasteiger partial charge in [0.2, 0.25) is 0 Å². The summed E-state index contributed by atoms with van der Waals surface area (Å²) in [4.78, 5) is 5.76. The molecule has 0 N–H and O–H groups in total. The number of hydrogen-bond donors (Lipinski definition) is 0. The average Bonchev–Trinajstić information content (AvgIpc) is 3.44. The highest BCUT2D eigenvalue weighted by Gasteiger charge is 2.54. The van der Waals surface area contributed by atoms with Crippen molar-refractivity contribution in [3.8, 4) is 0 Å². The Morgan fingerprint density at radius 3 is 1.80 bits per heavy atom. The lowest BCUT2D eigenvalue weighted by Gasteiger charge is -2.42. The van der Waals surface area contributed by atoms with Gasteiger partial charge in [-0.1, -0.05) is 140 Å². The molecule has 6 rings (SSSR count). The first-order chi connectivity index (χ1) is 22.2. The molecular formula is C44H55NP+. The minimum Gasteiger partial charge on any atom is -0.252 e. The molecule has 2 heteroatoms. The van der Waals surface area contributed by atoms with E-state index in [-0.39, 0.29) is 16.5 Å². The third-order valence-electron chi connectivity index (χ3n) is 10.8. The van der Waals surface area contributed by atoms with Crippen molar-refractivity contribution in [2.24, 2.45) is 21.7 Å². The Labute approximate surface area is 280 Å². The van der Waals surface area contributed by atoms with Crippen LogP contribution in [0, 0.1) is 16.7 Å². The van der Waals surface area contributed by atoms with Crippen molar-refractivity contribution in [1.29, 1.82) is 0 Å². The Kier molecular flexibility index (Phi) is 9.73. The summed E-state index contributed by atoms with van der Waals surface area (Å²) in [5, 5.41) is 4.32. The maximum atomic E-state index is 5.76. The van der Waals surface area contributed by atoms with Crippen LogP contribution in [0.5, 0.6) is 0 Å². The Balaban J connectivity index is 1.53. The average molecular weight is 629 g/mol. The van der Waals surface area contributed by atoms with Gasteiger partial charge in [-0.25, -0.2) is 0 Å². The molecule has 1 nitrogen and oxygen atoms in total. The highest BCUT2D eigenvalue weighted by molar-refractivity contribution is 7.96. The highest BCUT2D eigenvalue weighted by atomic mass is 31.2. The van der Waals surface area contributed by atoms with Crippen LogP contribution in [-0.4, -0.2) is 11.4 Å². The topological polar surface area (TPSA) is 12.4 Å². The standard InChI is InChI=1S/C44H55NP/c1-7-8-9-10-11-15-22-34-29-30-38(41-40(34)39-31-43(3,4)32-44(5,6)42(39)45-41)33(2)46(35-23-16-12-17-24-35,36-25-18-13-19-26-36)37-27-20-14-21-28-37/h12-14,16-21,23-30,33-34H,7-11,15,22,31-32H2,1-6H3/q+1. The molecule has 0 saturated heterocycles. The van der Waals surface area contributed by atoms with E-state index in [1.165, 1.54) is 84.3 Å². The van der Waals surface area contributed by atoms with Gasteiger partial charge in [-0.2, -0.15) is 0 Å². The molecule has 0 radical (unpaired) electrons. The van der Waals surface area contributed by atoms with Crippen LogP contribution in [0.15, 0.2) is 131 Å². The van der Waals surface area contributed by atoms with E-state index in [0.717, 1.165) is 6.42 Å². The fraction of sp³-hybridized carbons (Fsp3) is 0.432. The van der Waals surface area contributed by atoms with Gasteiger partial charge >= 0.3 is 0 Å². The molecule has 3 aromatic rings. The fourth-order valence-corrected chi connectivity index (χ4v) is 13.9. The lowest BCUT2D eigenvalue weighted by molar-refractivity contribution is 0.233. The van der Waals surface area contributed by atoms with E-state index in [0.29, 0.717) is 5.92 Å². The van der Waals surface area contributed by atoms with E-state index < -0.39 is 7.26 Å². The number of fused-ring (bicyclic) bond motifs is 2. The van der Waals surface area contributed by atoms with Gasteiger partial charge < -0.3 is 0 Å². The molecule has 240 valence electrons. The van der Waals surface area contributed by atoms with E-state index >= 15 is 0 Å². The van der Waals surface area contributed by atoms with Crippen molar-refractivity contribution in [2.75, 3.05) is 0 Å². The molecule has 1 fully saturated rings. The molecule has 1 aliphatic heterocycles. The molecule has 0 aromatic heterocycles. The molecule has 2 aliphatic carbocycles. The minimum atomic E-state index is -2.12. The summed E-state index contributed by atoms with van der Waals surface area (Å²) in [6.07, 6.45) is 16.7. The number of benzene rings is 3. The number of rotatable bonds is 12. The zero-order chi connectivity index (χ0) is 32.4. The second-order valence-electron chi connectivity index (χ2n) is 15.5. The predicted molar refractivity (Wildman–Crippen MR) is 204 cm³/mol. The van der Waals surface area contributed by atoms with Crippen LogP contribution in [0.2, 0.25) is 0 Å². The SMILES string of the molecule is CCCCCCCCC1C=CC(C(C)[P+](c2ccccc2)(c2ccccc2)c2ccccc2)=C2N=C3C(=C21)CC(C)(C)CC3(C)C. The van der Waals surface area contributed by atoms with E-state index in [1.807, 2.05) is 0 Å². The Morgan fingerprint density at radius 2 is 1.26 bits per heavy atom. The summed E-state index contributed by atoms with van der Waals surface area (Å²) in [5.41, 5.74) is 7.87.